The van der Waals surface area contributed by atoms with Crippen molar-refractivity contribution in [2.24, 2.45) is 5.41 Å². The molecule has 1 rings (SSSR count). The van der Waals surface area contributed by atoms with Gasteiger partial charge in [-0.1, -0.05) is 30.5 Å². The quantitative estimate of drug-likeness (QED) is 0.224. The van der Waals surface area contributed by atoms with Crippen LogP contribution in [0.5, 0.6) is 0 Å². The average molecular weight is 415 g/mol. The Morgan fingerprint density at radius 1 is 0.929 bits per heavy atom. The predicted octanol–water partition coefficient (Wildman–Crippen LogP) is 3.39. The Balaban J connectivity index is 2.50. The van der Waals surface area contributed by atoms with Gasteiger partial charge in [0.25, 0.3) is 10.1 Å². The topological polar surface area (TPSA) is 96.0 Å². The molecule has 158 valence electrons. The third kappa shape index (κ3) is 6.91. The maximum absolute atomic E-state index is 12.2. The van der Waals surface area contributed by atoms with E-state index in [0.717, 1.165) is 5.56 Å². The molecule has 0 amide bonds. The molecule has 0 radical (unpaired) electrons. The second-order valence-corrected chi connectivity index (χ2v) is 8.29. The number of aryl methyl sites for hydroxylation is 1. The highest BCUT2D eigenvalue weighted by Gasteiger charge is 2.43. The number of rotatable bonds is 12. The number of benzene rings is 1. The van der Waals surface area contributed by atoms with Crippen LogP contribution >= 0.6 is 0 Å². The first-order valence-electron chi connectivity index (χ1n) is 9.48. The highest BCUT2D eigenvalue weighted by atomic mass is 32.2. The van der Waals surface area contributed by atoms with E-state index >= 15 is 0 Å². The van der Waals surface area contributed by atoms with Crippen molar-refractivity contribution in [1.29, 1.82) is 0 Å². The van der Waals surface area contributed by atoms with E-state index in [1.165, 1.54) is 19.1 Å². The summed E-state index contributed by atoms with van der Waals surface area (Å²) in [5.74, 6) is -1.21. The maximum Gasteiger partial charge on any atom is 0.323 e. The van der Waals surface area contributed by atoms with Crippen molar-refractivity contribution in [3.05, 3.63) is 29.8 Å². The summed E-state index contributed by atoms with van der Waals surface area (Å²) in [5.41, 5.74) is -0.397. The van der Waals surface area contributed by atoms with E-state index in [2.05, 4.69) is 0 Å². The molecule has 0 saturated carbocycles. The van der Waals surface area contributed by atoms with Gasteiger partial charge in [0.05, 0.1) is 24.7 Å². The Morgan fingerprint density at radius 2 is 1.46 bits per heavy atom. The molecule has 0 saturated heterocycles. The molecule has 0 fully saturated rings. The van der Waals surface area contributed by atoms with Gasteiger partial charge in [-0.3, -0.25) is 13.8 Å². The summed E-state index contributed by atoms with van der Waals surface area (Å²) in [6.45, 7) is 7.13. The van der Waals surface area contributed by atoms with Gasteiger partial charge < -0.3 is 9.47 Å². The minimum atomic E-state index is -3.78. The van der Waals surface area contributed by atoms with E-state index in [-0.39, 0.29) is 31.1 Å². The van der Waals surface area contributed by atoms with Crippen LogP contribution in [0.2, 0.25) is 0 Å². The molecule has 0 aliphatic carbocycles. The van der Waals surface area contributed by atoms with E-state index in [1.54, 1.807) is 26.0 Å². The van der Waals surface area contributed by atoms with Crippen LogP contribution in [0.15, 0.2) is 29.2 Å². The lowest BCUT2D eigenvalue weighted by Gasteiger charge is -2.24. The average Bonchev–Trinajstić information content (AvgIpc) is 2.65. The molecule has 0 unspecified atom stereocenters. The summed E-state index contributed by atoms with van der Waals surface area (Å²) in [6, 6.07) is 6.44. The molecule has 0 heterocycles. The first kappa shape index (κ1) is 24.1. The monoisotopic (exact) mass is 414 g/mol. The van der Waals surface area contributed by atoms with Crippen LogP contribution < -0.4 is 0 Å². The maximum atomic E-state index is 12.2. The van der Waals surface area contributed by atoms with Crippen LogP contribution in [-0.2, 0) is 33.4 Å². The zero-order valence-corrected chi connectivity index (χ0v) is 17.8. The zero-order valence-electron chi connectivity index (χ0n) is 17.0. The van der Waals surface area contributed by atoms with E-state index in [1.807, 2.05) is 6.92 Å². The standard InChI is InChI=1S/C20H30O7S/c1-5-25-18(21)20(4,19(22)26-6-2)14-8-7-9-15-27-28(23,24)17-12-10-16(3)11-13-17/h10-13H,5-9,14-15H2,1-4H3. The Morgan fingerprint density at radius 3 is 1.96 bits per heavy atom. The Labute approximate surface area is 167 Å². The van der Waals surface area contributed by atoms with Gasteiger partial charge in [-0.15, -0.1) is 0 Å². The fraction of sp³-hybridized carbons (Fsp3) is 0.600. The molecule has 0 N–H and O–H groups in total. The zero-order chi connectivity index (χ0) is 21.2. The van der Waals surface area contributed by atoms with Gasteiger partial charge >= 0.3 is 11.9 Å². The van der Waals surface area contributed by atoms with Crippen LogP contribution in [0.3, 0.4) is 0 Å². The van der Waals surface area contributed by atoms with Gasteiger partial charge in [0.2, 0.25) is 0 Å². The molecule has 1 aromatic carbocycles. The lowest BCUT2D eigenvalue weighted by molar-refractivity contribution is -0.171. The summed E-state index contributed by atoms with van der Waals surface area (Å²) in [6.07, 6.45) is 1.86. The molecule has 8 heteroatoms. The summed E-state index contributed by atoms with van der Waals surface area (Å²) in [4.78, 5) is 24.5. The van der Waals surface area contributed by atoms with Gasteiger partial charge in [-0.25, -0.2) is 0 Å². The first-order valence-corrected chi connectivity index (χ1v) is 10.9. The van der Waals surface area contributed by atoms with Gasteiger partial charge in [0.1, 0.15) is 0 Å². The van der Waals surface area contributed by atoms with E-state index in [9.17, 15) is 18.0 Å². The Kier molecular flexibility index (Phi) is 9.61. The van der Waals surface area contributed by atoms with Crippen LogP contribution in [0.1, 0.15) is 52.0 Å². The van der Waals surface area contributed by atoms with Crippen LogP contribution in [-0.4, -0.2) is 40.2 Å². The fourth-order valence-electron chi connectivity index (χ4n) is 2.57. The van der Waals surface area contributed by atoms with Crippen molar-refractivity contribution in [2.75, 3.05) is 19.8 Å². The number of ether oxygens (including phenoxy) is 2. The second-order valence-electron chi connectivity index (χ2n) is 6.67. The number of carbonyl (C=O) groups is 2. The van der Waals surface area contributed by atoms with Crippen LogP contribution in [0, 0.1) is 12.3 Å². The van der Waals surface area contributed by atoms with Crippen molar-refractivity contribution in [1.82, 2.24) is 0 Å². The van der Waals surface area contributed by atoms with Crippen molar-refractivity contribution in [2.45, 2.75) is 58.3 Å². The lowest BCUT2D eigenvalue weighted by Crippen LogP contribution is -2.39. The first-order chi connectivity index (χ1) is 13.2. The largest absolute Gasteiger partial charge is 0.465 e. The number of hydrogen-bond acceptors (Lipinski definition) is 7. The molecule has 1 aromatic rings. The van der Waals surface area contributed by atoms with Crippen LogP contribution in [0.4, 0.5) is 0 Å². The second kappa shape index (κ2) is 11.2. The third-order valence-corrected chi connectivity index (χ3v) is 5.65. The van der Waals surface area contributed by atoms with E-state index in [4.69, 9.17) is 13.7 Å². The number of carbonyl (C=O) groups excluding carboxylic acids is 2. The van der Waals surface area contributed by atoms with Gasteiger partial charge in [-0.2, -0.15) is 8.42 Å². The van der Waals surface area contributed by atoms with Crippen molar-refractivity contribution in [3.63, 3.8) is 0 Å². The van der Waals surface area contributed by atoms with Crippen molar-refractivity contribution < 1.29 is 31.7 Å². The fourth-order valence-corrected chi connectivity index (χ4v) is 3.51. The molecule has 7 nitrogen and oxygen atoms in total. The van der Waals surface area contributed by atoms with Crippen molar-refractivity contribution >= 4 is 22.1 Å². The third-order valence-electron chi connectivity index (χ3n) is 4.32. The van der Waals surface area contributed by atoms with E-state index < -0.39 is 27.5 Å². The molecular formula is C20H30O7S. The Hall–Kier alpha value is -1.93. The highest BCUT2D eigenvalue weighted by Crippen LogP contribution is 2.28. The molecule has 0 atom stereocenters. The number of hydrogen-bond donors (Lipinski definition) is 0. The number of esters is 2. The Bertz CT molecular complexity index is 720. The van der Waals surface area contributed by atoms with Crippen LogP contribution in [0.25, 0.3) is 0 Å². The normalized spacial score (nSPS) is 11.9. The minimum Gasteiger partial charge on any atom is -0.465 e. The molecule has 0 spiro atoms. The van der Waals surface area contributed by atoms with Gasteiger partial charge in [0.15, 0.2) is 5.41 Å². The minimum absolute atomic E-state index is 0.0335. The molecular weight excluding hydrogens is 384 g/mol. The molecule has 0 bridgehead atoms. The number of unbranched alkanes of at least 4 members (excludes halogenated alkanes) is 2. The SMILES string of the molecule is CCOC(=O)C(C)(CCCCCOS(=O)(=O)c1ccc(C)cc1)C(=O)OCC. The predicted molar refractivity (Wildman–Crippen MR) is 104 cm³/mol. The lowest BCUT2D eigenvalue weighted by atomic mass is 9.84. The highest BCUT2D eigenvalue weighted by molar-refractivity contribution is 7.86. The molecule has 0 aliphatic rings. The smallest absolute Gasteiger partial charge is 0.323 e. The van der Waals surface area contributed by atoms with E-state index in [0.29, 0.717) is 19.3 Å². The summed E-state index contributed by atoms with van der Waals surface area (Å²) in [5, 5.41) is 0. The van der Waals surface area contributed by atoms with Crippen molar-refractivity contribution in [3.8, 4) is 0 Å². The van der Waals surface area contributed by atoms with Gasteiger partial charge in [-0.05, 0) is 52.7 Å². The molecule has 0 aromatic heterocycles. The molecule has 0 aliphatic heterocycles. The van der Waals surface area contributed by atoms with Gasteiger partial charge in [0, 0.05) is 0 Å². The summed E-state index contributed by atoms with van der Waals surface area (Å²) in [7, 11) is -3.78. The molecule has 28 heavy (non-hydrogen) atoms. The summed E-state index contributed by atoms with van der Waals surface area (Å²) >= 11 is 0. The summed E-state index contributed by atoms with van der Waals surface area (Å²) < 4.78 is 39.3.